The van der Waals surface area contributed by atoms with Crippen molar-refractivity contribution >= 4 is 27.5 Å². The van der Waals surface area contributed by atoms with E-state index in [1.807, 2.05) is 25.1 Å². The lowest BCUT2D eigenvalue weighted by Crippen LogP contribution is -2.43. The third kappa shape index (κ3) is 3.19. The van der Waals surface area contributed by atoms with Crippen LogP contribution in [0.1, 0.15) is 25.3 Å². The minimum Gasteiger partial charge on any atom is -0.409 e. The summed E-state index contributed by atoms with van der Waals surface area (Å²) >= 11 is 3.39. The fraction of sp³-hybridized carbons (Fsp3) is 0.462. The summed E-state index contributed by atoms with van der Waals surface area (Å²) in [4.78, 5) is 2.15. The number of hydrogen-bond acceptors (Lipinski definition) is 4. The van der Waals surface area contributed by atoms with Crippen molar-refractivity contribution in [2.45, 2.75) is 25.4 Å². The van der Waals surface area contributed by atoms with E-state index in [0.717, 1.165) is 23.2 Å². The van der Waals surface area contributed by atoms with Gasteiger partial charge in [0.15, 0.2) is 5.84 Å². The van der Waals surface area contributed by atoms with Crippen molar-refractivity contribution in [3.8, 4) is 0 Å². The summed E-state index contributed by atoms with van der Waals surface area (Å²) in [5.74, 6) is 0.0913. The van der Waals surface area contributed by atoms with E-state index in [9.17, 15) is 5.11 Å². The van der Waals surface area contributed by atoms with E-state index in [4.69, 9.17) is 10.9 Å². The first-order valence-corrected chi connectivity index (χ1v) is 6.97. The fourth-order valence-electron chi connectivity index (χ4n) is 2.27. The number of benzene rings is 1. The van der Waals surface area contributed by atoms with Crippen LogP contribution in [0.2, 0.25) is 0 Å². The first kappa shape index (κ1) is 14.1. The number of halogens is 1. The Balaban J connectivity index is 2.30. The molecule has 0 bridgehead atoms. The van der Waals surface area contributed by atoms with Gasteiger partial charge in [0.2, 0.25) is 0 Å². The van der Waals surface area contributed by atoms with Crippen molar-refractivity contribution in [2.24, 2.45) is 10.9 Å². The number of hydrogen-bond donors (Lipinski definition) is 3. The molecule has 1 saturated heterocycles. The highest BCUT2D eigenvalue weighted by atomic mass is 79.9. The Kier molecular flexibility index (Phi) is 4.01. The molecule has 0 atom stereocenters. The van der Waals surface area contributed by atoms with Gasteiger partial charge in [-0.3, -0.25) is 0 Å². The molecule has 4 N–H and O–H groups in total. The van der Waals surface area contributed by atoms with Gasteiger partial charge in [-0.1, -0.05) is 21.1 Å². The molecule has 0 spiro atoms. The predicted octanol–water partition coefficient (Wildman–Crippen LogP) is 1.89. The number of nitrogens with zero attached hydrogens (tertiary/aromatic N) is 2. The van der Waals surface area contributed by atoms with Gasteiger partial charge in [0.05, 0.1) is 5.60 Å². The zero-order valence-corrected chi connectivity index (χ0v) is 12.4. The quantitative estimate of drug-likeness (QED) is 0.335. The first-order chi connectivity index (χ1) is 8.93. The van der Waals surface area contributed by atoms with Crippen LogP contribution in [0.5, 0.6) is 0 Å². The number of nitrogens with two attached hydrogens (primary N) is 1. The Hall–Kier alpha value is -1.27. The third-order valence-electron chi connectivity index (χ3n) is 3.52. The lowest BCUT2D eigenvalue weighted by atomic mass is 9.93. The average Bonchev–Trinajstić information content (AvgIpc) is 2.38. The average molecular weight is 328 g/mol. The molecule has 0 unspecified atom stereocenters. The van der Waals surface area contributed by atoms with Crippen LogP contribution in [0.15, 0.2) is 27.8 Å². The van der Waals surface area contributed by atoms with Gasteiger partial charge in [-0.15, -0.1) is 0 Å². The number of rotatable bonds is 2. The number of amidine groups is 1. The highest BCUT2D eigenvalue weighted by molar-refractivity contribution is 9.10. The highest BCUT2D eigenvalue weighted by Gasteiger charge is 2.28. The smallest absolute Gasteiger partial charge is 0.172 e. The molecule has 19 heavy (non-hydrogen) atoms. The van der Waals surface area contributed by atoms with E-state index < -0.39 is 5.60 Å². The van der Waals surface area contributed by atoms with Gasteiger partial charge < -0.3 is 20.9 Å². The molecule has 0 aromatic heterocycles. The van der Waals surface area contributed by atoms with Crippen LogP contribution >= 0.6 is 15.9 Å². The summed E-state index contributed by atoms with van der Waals surface area (Å²) in [5.41, 5.74) is 6.75. The number of aliphatic hydroxyl groups is 1. The predicted molar refractivity (Wildman–Crippen MR) is 78.7 cm³/mol. The first-order valence-electron chi connectivity index (χ1n) is 6.18. The lowest BCUT2D eigenvalue weighted by Gasteiger charge is -2.37. The Labute approximate surface area is 120 Å². The van der Waals surface area contributed by atoms with Gasteiger partial charge in [0, 0.05) is 28.8 Å². The normalized spacial score (nSPS) is 19.5. The van der Waals surface area contributed by atoms with Gasteiger partial charge in [0.25, 0.3) is 0 Å². The summed E-state index contributed by atoms with van der Waals surface area (Å²) in [6.45, 7) is 3.36. The maximum Gasteiger partial charge on any atom is 0.172 e. The van der Waals surface area contributed by atoms with Crippen LogP contribution in [0.25, 0.3) is 0 Å². The monoisotopic (exact) mass is 327 g/mol. The molecule has 0 saturated carbocycles. The van der Waals surface area contributed by atoms with Crippen molar-refractivity contribution in [1.82, 2.24) is 0 Å². The standard InChI is InChI=1S/C13H18BrN3O2/c1-13(18)4-6-17(7-5-13)11-3-2-9(14)8-10(11)12(15)16-19/h2-3,8,18-19H,4-7H2,1H3,(H2,15,16). The van der Waals surface area contributed by atoms with Crippen LogP contribution in [0.4, 0.5) is 5.69 Å². The lowest BCUT2D eigenvalue weighted by molar-refractivity contribution is 0.0351. The molecular formula is C13H18BrN3O2. The van der Waals surface area contributed by atoms with E-state index in [1.54, 1.807) is 0 Å². The summed E-state index contributed by atoms with van der Waals surface area (Å²) < 4.78 is 0.877. The second kappa shape index (κ2) is 5.38. The van der Waals surface area contributed by atoms with E-state index in [1.165, 1.54) is 0 Å². The fourth-order valence-corrected chi connectivity index (χ4v) is 2.63. The van der Waals surface area contributed by atoms with Crippen molar-refractivity contribution in [3.63, 3.8) is 0 Å². The molecule has 1 aliphatic rings. The largest absolute Gasteiger partial charge is 0.409 e. The topological polar surface area (TPSA) is 82.1 Å². The summed E-state index contributed by atoms with van der Waals surface area (Å²) in [7, 11) is 0. The van der Waals surface area contributed by atoms with Crippen LogP contribution in [-0.4, -0.2) is 34.8 Å². The Bertz CT molecular complexity index is 493. The summed E-state index contributed by atoms with van der Waals surface area (Å²) in [6.07, 6.45) is 1.41. The Morgan fingerprint density at radius 3 is 2.63 bits per heavy atom. The Morgan fingerprint density at radius 1 is 1.42 bits per heavy atom. The molecule has 0 aliphatic carbocycles. The van der Waals surface area contributed by atoms with Crippen molar-refractivity contribution in [2.75, 3.05) is 18.0 Å². The van der Waals surface area contributed by atoms with Crippen molar-refractivity contribution < 1.29 is 10.3 Å². The molecule has 6 heteroatoms. The molecule has 1 heterocycles. The van der Waals surface area contributed by atoms with Gasteiger partial charge >= 0.3 is 0 Å². The van der Waals surface area contributed by atoms with E-state index >= 15 is 0 Å². The molecule has 0 amide bonds. The number of anilines is 1. The SMILES string of the molecule is CC1(O)CCN(c2ccc(Br)cc2/C(N)=N/O)CC1. The Morgan fingerprint density at radius 2 is 2.05 bits per heavy atom. The zero-order chi connectivity index (χ0) is 14.0. The molecule has 5 nitrogen and oxygen atoms in total. The minimum absolute atomic E-state index is 0.0913. The minimum atomic E-state index is -0.595. The number of oxime groups is 1. The molecule has 104 valence electrons. The van der Waals surface area contributed by atoms with Gasteiger partial charge in [-0.05, 0) is 38.0 Å². The van der Waals surface area contributed by atoms with Crippen LogP contribution in [0, 0.1) is 0 Å². The molecule has 1 fully saturated rings. The van der Waals surface area contributed by atoms with Gasteiger partial charge in [-0.2, -0.15) is 0 Å². The second-order valence-corrected chi connectivity index (χ2v) is 6.05. The maximum absolute atomic E-state index is 9.99. The molecule has 1 aromatic carbocycles. The van der Waals surface area contributed by atoms with Crippen LogP contribution < -0.4 is 10.6 Å². The van der Waals surface area contributed by atoms with E-state index in [2.05, 4.69) is 26.0 Å². The zero-order valence-electron chi connectivity index (χ0n) is 10.8. The molecular weight excluding hydrogens is 310 g/mol. The molecule has 2 rings (SSSR count). The summed E-state index contributed by atoms with van der Waals surface area (Å²) in [5, 5.41) is 21.9. The van der Waals surface area contributed by atoms with Gasteiger partial charge in [0.1, 0.15) is 0 Å². The molecule has 0 radical (unpaired) electrons. The highest BCUT2D eigenvalue weighted by Crippen LogP contribution is 2.30. The molecule has 1 aliphatic heterocycles. The second-order valence-electron chi connectivity index (χ2n) is 5.13. The van der Waals surface area contributed by atoms with Crippen molar-refractivity contribution in [3.05, 3.63) is 28.2 Å². The summed E-state index contributed by atoms with van der Waals surface area (Å²) in [6, 6.07) is 5.70. The van der Waals surface area contributed by atoms with Crippen LogP contribution in [-0.2, 0) is 0 Å². The molecule has 1 aromatic rings. The van der Waals surface area contributed by atoms with Crippen molar-refractivity contribution in [1.29, 1.82) is 0 Å². The van der Waals surface area contributed by atoms with E-state index in [-0.39, 0.29) is 5.84 Å². The van der Waals surface area contributed by atoms with Gasteiger partial charge in [-0.25, -0.2) is 0 Å². The van der Waals surface area contributed by atoms with Crippen LogP contribution in [0.3, 0.4) is 0 Å². The number of piperidine rings is 1. The maximum atomic E-state index is 9.99. The third-order valence-corrected chi connectivity index (χ3v) is 4.02. The van der Waals surface area contributed by atoms with E-state index in [0.29, 0.717) is 18.4 Å².